The lowest BCUT2D eigenvalue weighted by molar-refractivity contribution is -0.142. The van der Waals surface area contributed by atoms with Gasteiger partial charge in [-0.1, -0.05) is 23.7 Å². The number of para-hydroxylation sites is 1. The van der Waals surface area contributed by atoms with Crippen molar-refractivity contribution in [1.29, 1.82) is 0 Å². The SMILES string of the molecule is O=C(c1ccc(Cl)cc1)N1CCN(C2CCN(c3cc(C(F)(F)F)nc4c(C(F)(F)F)cccc34)C2)CC1. The maximum absolute atomic E-state index is 13.6. The zero-order valence-electron chi connectivity index (χ0n) is 20.0. The highest BCUT2D eigenvalue weighted by atomic mass is 35.5. The smallest absolute Gasteiger partial charge is 0.369 e. The van der Waals surface area contributed by atoms with Gasteiger partial charge in [0.15, 0.2) is 0 Å². The van der Waals surface area contributed by atoms with Crippen LogP contribution < -0.4 is 4.90 Å². The monoisotopic (exact) mass is 556 g/mol. The zero-order valence-corrected chi connectivity index (χ0v) is 20.7. The molecule has 202 valence electrons. The number of pyridine rings is 1. The highest BCUT2D eigenvalue weighted by Gasteiger charge is 2.39. The Morgan fingerprint density at radius 3 is 2.21 bits per heavy atom. The zero-order chi connectivity index (χ0) is 27.2. The van der Waals surface area contributed by atoms with Gasteiger partial charge in [0.1, 0.15) is 5.69 Å². The lowest BCUT2D eigenvalue weighted by Crippen LogP contribution is -2.52. The van der Waals surface area contributed by atoms with Crippen LogP contribution in [0.2, 0.25) is 5.02 Å². The van der Waals surface area contributed by atoms with Gasteiger partial charge < -0.3 is 9.80 Å². The number of rotatable bonds is 3. The van der Waals surface area contributed by atoms with E-state index in [0.29, 0.717) is 56.3 Å². The molecule has 38 heavy (non-hydrogen) atoms. The number of alkyl halides is 6. The molecule has 3 heterocycles. The molecule has 2 aromatic carbocycles. The fourth-order valence-corrected chi connectivity index (χ4v) is 5.32. The summed E-state index contributed by atoms with van der Waals surface area (Å²) in [6, 6.07) is 10.8. The van der Waals surface area contributed by atoms with Gasteiger partial charge in [0.2, 0.25) is 0 Å². The number of carbonyl (C=O) groups is 1. The summed E-state index contributed by atoms with van der Waals surface area (Å²) in [5, 5.41) is 0.572. The van der Waals surface area contributed by atoms with E-state index in [1.807, 2.05) is 0 Å². The predicted molar refractivity (Wildman–Crippen MR) is 131 cm³/mol. The number of nitrogens with zero attached hydrogens (tertiary/aromatic N) is 4. The van der Waals surface area contributed by atoms with Crippen molar-refractivity contribution in [2.45, 2.75) is 24.8 Å². The fourth-order valence-electron chi connectivity index (χ4n) is 5.19. The third-order valence-corrected chi connectivity index (χ3v) is 7.38. The number of anilines is 1. The molecule has 12 heteroatoms. The summed E-state index contributed by atoms with van der Waals surface area (Å²) in [5.74, 6) is -0.0993. The van der Waals surface area contributed by atoms with Gasteiger partial charge >= 0.3 is 12.4 Å². The Hall–Kier alpha value is -3.05. The third kappa shape index (κ3) is 5.26. The van der Waals surface area contributed by atoms with Crippen LogP contribution in [-0.2, 0) is 12.4 Å². The van der Waals surface area contributed by atoms with Crippen molar-refractivity contribution in [3.8, 4) is 0 Å². The molecule has 2 saturated heterocycles. The normalized spacial score (nSPS) is 19.4. The molecular weight excluding hydrogens is 534 g/mol. The number of amides is 1. The van der Waals surface area contributed by atoms with E-state index >= 15 is 0 Å². The molecular formula is C26H23ClF6N4O. The Labute approximate surface area is 219 Å². The number of hydrogen-bond acceptors (Lipinski definition) is 4. The first-order valence-corrected chi connectivity index (χ1v) is 12.4. The molecule has 1 atom stereocenters. The minimum atomic E-state index is -4.90. The van der Waals surface area contributed by atoms with Crippen LogP contribution in [0, 0.1) is 0 Å². The van der Waals surface area contributed by atoms with Gasteiger partial charge in [0, 0.05) is 67.0 Å². The van der Waals surface area contributed by atoms with E-state index in [0.717, 1.165) is 12.1 Å². The predicted octanol–water partition coefficient (Wildman–Crippen LogP) is 5.96. The van der Waals surface area contributed by atoms with Crippen molar-refractivity contribution < 1.29 is 31.1 Å². The molecule has 2 fully saturated rings. The molecule has 0 bridgehead atoms. The molecule has 0 aliphatic carbocycles. The first kappa shape index (κ1) is 26.6. The fraction of sp³-hybridized carbons (Fsp3) is 0.385. The Balaban J connectivity index is 1.34. The summed E-state index contributed by atoms with van der Waals surface area (Å²) in [6.07, 6.45) is -9.10. The lowest BCUT2D eigenvalue weighted by atomic mass is 10.1. The summed E-state index contributed by atoms with van der Waals surface area (Å²) in [5.41, 5.74) is -2.62. The van der Waals surface area contributed by atoms with Gasteiger partial charge in [-0.25, -0.2) is 4.98 Å². The van der Waals surface area contributed by atoms with Crippen LogP contribution in [0.25, 0.3) is 10.9 Å². The minimum absolute atomic E-state index is 0.00821. The number of aromatic nitrogens is 1. The van der Waals surface area contributed by atoms with Crippen LogP contribution in [-0.4, -0.2) is 66.0 Å². The van der Waals surface area contributed by atoms with Crippen molar-refractivity contribution >= 4 is 34.1 Å². The van der Waals surface area contributed by atoms with Gasteiger partial charge in [0.05, 0.1) is 11.1 Å². The van der Waals surface area contributed by atoms with Crippen molar-refractivity contribution in [2.24, 2.45) is 0 Å². The molecule has 5 rings (SSSR count). The van der Waals surface area contributed by atoms with E-state index in [4.69, 9.17) is 11.6 Å². The molecule has 0 radical (unpaired) electrons. The number of fused-ring (bicyclic) bond motifs is 1. The quantitative estimate of drug-likeness (QED) is 0.373. The van der Waals surface area contributed by atoms with Crippen LogP contribution in [0.1, 0.15) is 28.0 Å². The second-order valence-corrected chi connectivity index (χ2v) is 9.88. The minimum Gasteiger partial charge on any atom is -0.369 e. The van der Waals surface area contributed by atoms with Gasteiger partial charge in [-0.15, -0.1) is 0 Å². The number of piperazine rings is 1. The summed E-state index contributed by atoms with van der Waals surface area (Å²) in [6.45, 7) is 2.90. The number of benzene rings is 2. The summed E-state index contributed by atoms with van der Waals surface area (Å²) in [4.78, 5) is 21.8. The number of halogens is 7. The Morgan fingerprint density at radius 2 is 1.58 bits per heavy atom. The molecule has 5 nitrogen and oxygen atoms in total. The van der Waals surface area contributed by atoms with Gasteiger partial charge in [-0.3, -0.25) is 9.69 Å². The van der Waals surface area contributed by atoms with E-state index < -0.39 is 29.1 Å². The molecule has 1 amide bonds. The van der Waals surface area contributed by atoms with E-state index in [1.54, 1.807) is 34.1 Å². The number of hydrogen-bond donors (Lipinski definition) is 0. The van der Waals surface area contributed by atoms with Crippen molar-refractivity contribution in [3.05, 3.63) is 70.4 Å². The maximum atomic E-state index is 13.6. The molecule has 1 aromatic heterocycles. The van der Waals surface area contributed by atoms with Gasteiger partial charge in [-0.2, -0.15) is 26.3 Å². The Kier molecular flexibility index (Phi) is 6.93. The first-order chi connectivity index (χ1) is 17.9. The van der Waals surface area contributed by atoms with Crippen molar-refractivity contribution in [1.82, 2.24) is 14.8 Å². The van der Waals surface area contributed by atoms with Crippen LogP contribution in [0.5, 0.6) is 0 Å². The Bertz CT molecular complexity index is 1340. The second-order valence-electron chi connectivity index (χ2n) is 9.45. The molecule has 3 aromatic rings. The third-order valence-electron chi connectivity index (χ3n) is 7.13. The topological polar surface area (TPSA) is 39.7 Å². The molecule has 0 N–H and O–H groups in total. The summed E-state index contributed by atoms with van der Waals surface area (Å²) >= 11 is 5.90. The largest absolute Gasteiger partial charge is 0.433 e. The molecule has 1 unspecified atom stereocenters. The van der Waals surface area contributed by atoms with Crippen LogP contribution in [0.3, 0.4) is 0 Å². The van der Waals surface area contributed by atoms with E-state index in [9.17, 15) is 31.1 Å². The van der Waals surface area contributed by atoms with E-state index in [2.05, 4.69) is 9.88 Å². The van der Waals surface area contributed by atoms with Crippen LogP contribution in [0.15, 0.2) is 48.5 Å². The van der Waals surface area contributed by atoms with Crippen molar-refractivity contribution in [2.75, 3.05) is 44.2 Å². The summed E-state index contributed by atoms with van der Waals surface area (Å²) < 4.78 is 81.6. The summed E-state index contributed by atoms with van der Waals surface area (Å²) in [7, 11) is 0. The second kappa shape index (κ2) is 9.92. The molecule has 0 spiro atoms. The van der Waals surface area contributed by atoms with E-state index in [1.165, 1.54) is 12.1 Å². The van der Waals surface area contributed by atoms with Crippen molar-refractivity contribution in [3.63, 3.8) is 0 Å². The Morgan fingerprint density at radius 1 is 0.895 bits per heavy atom. The van der Waals surface area contributed by atoms with Crippen LogP contribution in [0.4, 0.5) is 32.0 Å². The molecule has 2 aliphatic rings. The average Bonchev–Trinajstić information content (AvgIpc) is 3.37. The average molecular weight is 557 g/mol. The number of carbonyl (C=O) groups excluding carboxylic acids is 1. The molecule has 2 aliphatic heterocycles. The lowest BCUT2D eigenvalue weighted by Gasteiger charge is -2.38. The van der Waals surface area contributed by atoms with Gasteiger partial charge in [0.25, 0.3) is 5.91 Å². The standard InChI is InChI=1S/C26H23ClF6N4O/c27-17-6-4-16(5-7-17)24(38)36-12-10-35(11-13-36)18-8-9-37(15-18)21-14-22(26(31,32)33)34-23-19(21)2-1-3-20(23)25(28,29)30/h1-7,14,18H,8-13,15H2. The first-order valence-electron chi connectivity index (χ1n) is 12.0. The molecule has 0 saturated carbocycles. The highest BCUT2D eigenvalue weighted by Crippen LogP contribution is 2.41. The maximum Gasteiger partial charge on any atom is 0.433 e. The highest BCUT2D eigenvalue weighted by molar-refractivity contribution is 6.30. The van der Waals surface area contributed by atoms with Crippen LogP contribution >= 0.6 is 11.6 Å². The van der Waals surface area contributed by atoms with E-state index in [-0.39, 0.29) is 23.0 Å². The van der Waals surface area contributed by atoms with Gasteiger partial charge in [-0.05, 0) is 42.8 Å².